The lowest BCUT2D eigenvalue weighted by atomic mass is 9.82. The van der Waals surface area contributed by atoms with Gasteiger partial charge in [-0.2, -0.15) is 0 Å². The molecule has 0 spiro atoms. The van der Waals surface area contributed by atoms with Crippen molar-refractivity contribution in [2.45, 2.75) is 65.9 Å². The maximum absolute atomic E-state index is 5.92. The van der Waals surface area contributed by atoms with Crippen molar-refractivity contribution in [2.75, 3.05) is 11.9 Å². The van der Waals surface area contributed by atoms with Crippen LogP contribution in [0.15, 0.2) is 0 Å². The molecule has 0 radical (unpaired) electrons. The second-order valence-electron chi connectivity index (χ2n) is 4.66. The van der Waals surface area contributed by atoms with E-state index in [0.717, 1.165) is 18.4 Å². The zero-order valence-electron chi connectivity index (χ0n) is 10.8. The Morgan fingerprint density at radius 3 is 2.00 bits per heavy atom. The number of halogens is 1. The number of hydrogen-bond donors (Lipinski definition) is 0. The van der Waals surface area contributed by atoms with Crippen LogP contribution in [0, 0.1) is 5.41 Å². The highest BCUT2D eigenvalue weighted by Crippen LogP contribution is 2.32. The molecule has 0 rings (SSSR count). The van der Waals surface area contributed by atoms with Crippen LogP contribution in [0.4, 0.5) is 0 Å². The lowest BCUT2D eigenvalue weighted by molar-refractivity contribution is -0.001000. The van der Waals surface area contributed by atoms with Gasteiger partial charge in [0.1, 0.15) is 0 Å². The average Bonchev–Trinajstić information content (AvgIpc) is 2.26. The molecule has 0 fully saturated rings. The van der Waals surface area contributed by atoms with Crippen molar-refractivity contribution in [3.8, 4) is 0 Å². The first kappa shape index (κ1) is 15.4. The number of ether oxygens (including phenoxy) is 1. The van der Waals surface area contributed by atoms with Gasteiger partial charge in [0.15, 0.2) is 0 Å². The monoisotopic (exact) mass is 278 g/mol. The molecule has 1 unspecified atom stereocenters. The van der Waals surface area contributed by atoms with Gasteiger partial charge in [0.05, 0.1) is 12.7 Å². The molecule has 0 saturated carbocycles. The third kappa shape index (κ3) is 5.91. The fourth-order valence-electron chi connectivity index (χ4n) is 1.94. The zero-order valence-corrected chi connectivity index (χ0v) is 12.4. The highest BCUT2D eigenvalue weighted by molar-refractivity contribution is 9.09. The molecule has 1 atom stereocenters. The first-order chi connectivity index (χ1) is 7.14. The van der Waals surface area contributed by atoms with E-state index in [1.165, 1.54) is 25.7 Å². The van der Waals surface area contributed by atoms with E-state index in [0.29, 0.717) is 11.5 Å². The summed E-state index contributed by atoms with van der Waals surface area (Å²) in [4.78, 5) is 0. The van der Waals surface area contributed by atoms with Crippen LogP contribution in [0.25, 0.3) is 0 Å². The molecule has 0 aromatic heterocycles. The third-order valence-corrected chi connectivity index (χ3v) is 4.28. The van der Waals surface area contributed by atoms with Gasteiger partial charge in [-0.1, -0.05) is 49.5 Å². The molecular weight excluding hydrogens is 252 g/mol. The van der Waals surface area contributed by atoms with Crippen molar-refractivity contribution in [2.24, 2.45) is 5.41 Å². The van der Waals surface area contributed by atoms with Crippen LogP contribution in [-0.4, -0.2) is 18.0 Å². The molecule has 0 saturated heterocycles. The van der Waals surface area contributed by atoms with Gasteiger partial charge in [-0.05, 0) is 26.2 Å². The highest BCUT2D eigenvalue weighted by Gasteiger charge is 2.27. The summed E-state index contributed by atoms with van der Waals surface area (Å²) in [7, 11) is 0. The minimum Gasteiger partial charge on any atom is -0.378 e. The van der Waals surface area contributed by atoms with E-state index < -0.39 is 0 Å². The number of rotatable bonds is 9. The van der Waals surface area contributed by atoms with Gasteiger partial charge in [-0.15, -0.1) is 0 Å². The summed E-state index contributed by atoms with van der Waals surface area (Å²) < 4.78 is 5.92. The summed E-state index contributed by atoms with van der Waals surface area (Å²) in [5, 5.41) is 1.07. The van der Waals surface area contributed by atoms with E-state index >= 15 is 0 Å². The molecule has 0 heterocycles. The molecule has 0 aromatic carbocycles. The molecule has 0 aliphatic rings. The van der Waals surface area contributed by atoms with E-state index in [1.807, 2.05) is 0 Å². The topological polar surface area (TPSA) is 9.23 Å². The molecule has 0 aromatic rings. The third-order valence-electron chi connectivity index (χ3n) is 3.09. The Kier molecular flexibility index (Phi) is 8.83. The molecule has 0 aliphatic heterocycles. The summed E-state index contributed by atoms with van der Waals surface area (Å²) in [6.45, 7) is 9.78. The summed E-state index contributed by atoms with van der Waals surface area (Å²) >= 11 is 3.67. The molecular formula is C13H27BrO. The fraction of sp³-hybridized carbons (Fsp3) is 1.00. The van der Waals surface area contributed by atoms with E-state index in [1.54, 1.807) is 0 Å². The lowest BCUT2D eigenvalue weighted by Crippen LogP contribution is -2.30. The van der Waals surface area contributed by atoms with Gasteiger partial charge in [-0.25, -0.2) is 0 Å². The van der Waals surface area contributed by atoms with Crippen LogP contribution in [0.5, 0.6) is 0 Å². The minimum absolute atomic E-state index is 0.368. The average molecular weight is 279 g/mol. The van der Waals surface area contributed by atoms with Crippen molar-refractivity contribution in [3.63, 3.8) is 0 Å². The maximum atomic E-state index is 5.92. The Morgan fingerprint density at radius 2 is 1.67 bits per heavy atom. The minimum atomic E-state index is 0.368. The molecule has 2 heteroatoms. The van der Waals surface area contributed by atoms with Crippen LogP contribution in [0.1, 0.15) is 59.8 Å². The molecule has 0 N–H and O–H groups in total. The summed E-state index contributed by atoms with van der Waals surface area (Å²) in [6, 6.07) is 0. The van der Waals surface area contributed by atoms with E-state index in [4.69, 9.17) is 4.74 Å². The van der Waals surface area contributed by atoms with E-state index in [2.05, 4.69) is 43.6 Å². The first-order valence-corrected chi connectivity index (χ1v) is 7.43. The van der Waals surface area contributed by atoms with Crippen molar-refractivity contribution in [1.29, 1.82) is 0 Å². The van der Waals surface area contributed by atoms with E-state index in [-0.39, 0.29) is 0 Å². The Balaban J connectivity index is 4.19. The van der Waals surface area contributed by atoms with Crippen molar-refractivity contribution in [1.82, 2.24) is 0 Å². The second-order valence-corrected chi connectivity index (χ2v) is 5.22. The maximum Gasteiger partial charge on any atom is 0.0544 e. The zero-order chi connectivity index (χ0) is 11.7. The van der Waals surface area contributed by atoms with Crippen LogP contribution >= 0.6 is 15.9 Å². The second kappa shape index (κ2) is 8.58. The molecule has 92 valence electrons. The van der Waals surface area contributed by atoms with Crippen molar-refractivity contribution < 1.29 is 4.74 Å². The Hall–Kier alpha value is 0.440. The van der Waals surface area contributed by atoms with Crippen LogP contribution in [0.3, 0.4) is 0 Å². The number of hydrogen-bond acceptors (Lipinski definition) is 1. The van der Waals surface area contributed by atoms with Crippen LogP contribution < -0.4 is 0 Å². The fourth-order valence-corrected chi connectivity index (χ4v) is 2.66. The van der Waals surface area contributed by atoms with Crippen LogP contribution in [0.2, 0.25) is 0 Å². The normalized spacial score (nSPS) is 14.2. The van der Waals surface area contributed by atoms with Gasteiger partial charge in [0, 0.05) is 10.7 Å². The predicted molar refractivity (Wildman–Crippen MR) is 71.7 cm³/mol. The van der Waals surface area contributed by atoms with E-state index in [9.17, 15) is 0 Å². The molecule has 0 aliphatic carbocycles. The highest BCUT2D eigenvalue weighted by atomic mass is 79.9. The Morgan fingerprint density at radius 1 is 1.13 bits per heavy atom. The summed E-state index contributed by atoms with van der Waals surface area (Å²) in [5.74, 6) is 0. The Bertz CT molecular complexity index is 141. The molecule has 0 amide bonds. The van der Waals surface area contributed by atoms with Gasteiger partial charge >= 0.3 is 0 Å². The van der Waals surface area contributed by atoms with Gasteiger partial charge in [-0.3, -0.25) is 0 Å². The quantitative estimate of drug-likeness (QED) is 0.552. The van der Waals surface area contributed by atoms with Crippen LogP contribution in [-0.2, 0) is 4.74 Å². The smallest absolute Gasteiger partial charge is 0.0544 e. The Labute approximate surface area is 104 Å². The van der Waals surface area contributed by atoms with Crippen molar-refractivity contribution >= 4 is 15.9 Å². The lowest BCUT2D eigenvalue weighted by Gasteiger charge is -2.32. The summed E-state index contributed by atoms with van der Waals surface area (Å²) in [5.41, 5.74) is 0.368. The predicted octanol–water partition coefficient (Wildman–Crippen LogP) is 4.78. The largest absolute Gasteiger partial charge is 0.378 e. The SMILES string of the molecule is CCCC(CBr)(CCC)COC(C)CC. The van der Waals surface area contributed by atoms with Gasteiger partial charge in [0.25, 0.3) is 0 Å². The summed E-state index contributed by atoms with van der Waals surface area (Å²) in [6.07, 6.45) is 6.53. The van der Waals surface area contributed by atoms with Gasteiger partial charge in [0.2, 0.25) is 0 Å². The van der Waals surface area contributed by atoms with Crippen molar-refractivity contribution in [3.05, 3.63) is 0 Å². The first-order valence-electron chi connectivity index (χ1n) is 6.31. The van der Waals surface area contributed by atoms with Gasteiger partial charge < -0.3 is 4.74 Å². The molecule has 15 heavy (non-hydrogen) atoms. The number of alkyl halides is 1. The molecule has 0 bridgehead atoms. The standard InChI is InChI=1S/C13H27BrO/c1-5-8-13(10-14,9-6-2)11-15-12(4)7-3/h12H,5-11H2,1-4H3. The molecule has 1 nitrogen and oxygen atoms in total.